The van der Waals surface area contributed by atoms with Crippen LogP contribution in [-0.4, -0.2) is 30.6 Å². The van der Waals surface area contributed by atoms with Crippen LogP contribution in [0.1, 0.15) is 24.0 Å². The van der Waals surface area contributed by atoms with Crippen molar-refractivity contribution in [3.63, 3.8) is 0 Å². The second kappa shape index (κ2) is 5.28. The van der Waals surface area contributed by atoms with Crippen molar-refractivity contribution in [2.24, 2.45) is 5.92 Å². The summed E-state index contributed by atoms with van der Waals surface area (Å²) in [6.45, 7) is 4.11. The van der Waals surface area contributed by atoms with Gasteiger partial charge in [-0.1, -0.05) is 6.07 Å². The third-order valence-corrected chi connectivity index (χ3v) is 4.23. The number of benzene rings is 1. The quantitative estimate of drug-likeness (QED) is 0.881. The number of hydrogen-bond donors (Lipinski definition) is 1. The molecule has 0 bridgehead atoms. The van der Waals surface area contributed by atoms with Gasteiger partial charge in [-0.25, -0.2) is 4.39 Å². The van der Waals surface area contributed by atoms with Crippen LogP contribution in [0.25, 0.3) is 0 Å². The van der Waals surface area contributed by atoms with Gasteiger partial charge in [-0.2, -0.15) is 5.26 Å². The summed E-state index contributed by atoms with van der Waals surface area (Å²) in [5.41, 5.74) is 1.17. The number of fused-ring (bicyclic) bond motifs is 1. The molecule has 2 aliphatic rings. The molecule has 2 heterocycles. The summed E-state index contributed by atoms with van der Waals surface area (Å²) < 4.78 is 13.3. The number of hydrogen-bond acceptors (Lipinski definition) is 3. The highest BCUT2D eigenvalue weighted by atomic mass is 19.1. The van der Waals surface area contributed by atoms with E-state index >= 15 is 0 Å². The molecule has 0 saturated carbocycles. The Labute approximate surface area is 113 Å². The molecule has 2 aliphatic heterocycles. The fourth-order valence-electron chi connectivity index (χ4n) is 3.28. The van der Waals surface area contributed by atoms with Crippen molar-refractivity contribution in [3.8, 4) is 6.07 Å². The van der Waals surface area contributed by atoms with Crippen LogP contribution in [0.2, 0.25) is 0 Å². The first-order chi connectivity index (χ1) is 9.26. The molecule has 0 aliphatic carbocycles. The minimum absolute atomic E-state index is 0.146. The molecule has 0 aromatic heterocycles. The van der Waals surface area contributed by atoms with Gasteiger partial charge in [0.05, 0.1) is 5.56 Å². The van der Waals surface area contributed by atoms with Gasteiger partial charge in [-0.3, -0.25) is 4.90 Å². The highest BCUT2D eigenvalue weighted by Gasteiger charge is 2.33. The number of likely N-dealkylation sites (tertiary alicyclic amines) is 1. The van der Waals surface area contributed by atoms with Gasteiger partial charge in [-0.15, -0.1) is 0 Å². The third kappa shape index (κ3) is 2.63. The molecule has 1 N–H and O–H groups in total. The minimum Gasteiger partial charge on any atom is -0.312 e. The van der Waals surface area contributed by atoms with Crippen molar-refractivity contribution in [1.29, 1.82) is 5.26 Å². The fraction of sp³-hybridized carbons (Fsp3) is 0.533. The number of piperidine rings is 1. The van der Waals surface area contributed by atoms with Crippen molar-refractivity contribution in [2.75, 3.05) is 19.6 Å². The molecule has 2 unspecified atom stereocenters. The van der Waals surface area contributed by atoms with Gasteiger partial charge in [0.1, 0.15) is 11.9 Å². The van der Waals surface area contributed by atoms with Crippen LogP contribution in [0.15, 0.2) is 18.2 Å². The fourth-order valence-corrected chi connectivity index (χ4v) is 3.28. The zero-order chi connectivity index (χ0) is 13.2. The van der Waals surface area contributed by atoms with E-state index in [2.05, 4.69) is 10.2 Å². The van der Waals surface area contributed by atoms with E-state index in [-0.39, 0.29) is 5.56 Å². The summed E-state index contributed by atoms with van der Waals surface area (Å²) in [5.74, 6) is 0.327. The molecule has 19 heavy (non-hydrogen) atoms. The predicted molar refractivity (Wildman–Crippen MR) is 70.9 cm³/mol. The van der Waals surface area contributed by atoms with Gasteiger partial charge in [0, 0.05) is 25.7 Å². The Balaban J connectivity index is 1.67. The van der Waals surface area contributed by atoms with E-state index in [9.17, 15) is 4.39 Å². The van der Waals surface area contributed by atoms with Gasteiger partial charge < -0.3 is 5.32 Å². The topological polar surface area (TPSA) is 39.1 Å². The Morgan fingerprint density at radius 2 is 2.32 bits per heavy atom. The molecule has 1 aromatic rings. The second-order valence-corrected chi connectivity index (χ2v) is 5.58. The molecule has 1 aromatic carbocycles. The SMILES string of the molecule is N#Cc1cc(CN2CC3CCCNC3C2)ccc1F. The number of rotatable bonds is 2. The molecule has 2 fully saturated rings. The van der Waals surface area contributed by atoms with Crippen molar-refractivity contribution in [1.82, 2.24) is 10.2 Å². The van der Waals surface area contributed by atoms with E-state index in [1.165, 1.54) is 18.9 Å². The summed E-state index contributed by atoms with van der Waals surface area (Å²) in [6, 6.07) is 7.37. The van der Waals surface area contributed by atoms with E-state index in [1.807, 2.05) is 6.07 Å². The molecule has 3 rings (SSSR count). The van der Waals surface area contributed by atoms with Crippen LogP contribution in [0.3, 0.4) is 0 Å². The average molecular weight is 259 g/mol. The first kappa shape index (κ1) is 12.6. The lowest BCUT2D eigenvalue weighted by Crippen LogP contribution is -2.40. The number of nitriles is 1. The maximum Gasteiger partial charge on any atom is 0.140 e. The molecule has 2 atom stereocenters. The first-order valence-corrected chi connectivity index (χ1v) is 6.90. The molecular weight excluding hydrogens is 241 g/mol. The number of halogens is 1. The molecule has 100 valence electrons. The smallest absolute Gasteiger partial charge is 0.140 e. The number of nitrogens with zero attached hydrogens (tertiary/aromatic N) is 2. The first-order valence-electron chi connectivity index (χ1n) is 6.90. The van der Waals surface area contributed by atoms with Gasteiger partial charge in [-0.05, 0) is 43.0 Å². The summed E-state index contributed by atoms with van der Waals surface area (Å²) in [7, 11) is 0. The van der Waals surface area contributed by atoms with Crippen LogP contribution >= 0.6 is 0 Å². The molecule has 2 saturated heterocycles. The minimum atomic E-state index is -0.428. The lowest BCUT2D eigenvalue weighted by Gasteiger charge is -2.24. The van der Waals surface area contributed by atoms with Crippen molar-refractivity contribution in [2.45, 2.75) is 25.4 Å². The summed E-state index contributed by atoms with van der Waals surface area (Å²) in [6.07, 6.45) is 2.57. The molecule has 3 nitrogen and oxygen atoms in total. The van der Waals surface area contributed by atoms with E-state index < -0.39 is 5.82 Å². The molecular formula is C15H18FN3. The normalized spacial score (nSPS) is 26.9. The zero-order valence-electron chi connectivity index (χ0n) is 10.9. The highest BCUT2D eigenvalue weighted by molar-refractivity contribution is 5.34. The molecule has 0 radical (unpaired) electrons. The van der Waals surface area contributed by atoms with Crippen LogP contribution in [0.5, 0.6) is 0 Å². The van der Waals surface area contributed by atoms with E-state index in [1.54, 1.807) is 12.1 Å². The summed E-state index contributed by atoms with van der Waals surface area (Å²) >= 11 is 0. The monoisotopic (exact) mass is 259 g/mol. The zero-order valence-corrected chi connectivity index (χ0v) is 10.9. The van der Waals surface area contributed by atoms with Crippen LogP contribution in [0.4, 0.5) is 4.39 Å². The second-order valence-electron chi connectivity index (χ2n) is 5.58. The Bertz CT molecular complexity index is 495. The largest absolute Gasteiger partial charge is 0.312 e. The molecule has 0 spiro atoms. The maximum absolute atomic E-state index is 13.3. The predicted octanol–water partition coefficient (Wildman–Crippen LogP) is 1.88. The van der Waals surface area contributed by atoms with E-state index in [4.69, 9.17) is 5.26 Å². The van der Waals surface area contributed by atoms with Crippen molar-refractivity contribution in [3.05, 3.63) is 35.1 Å². The Hall–Kier alpha value is -1.44. The van der Waals surface area contributed by atoms with Crippen LogP contribution in [-0.2, 0) is 6.54 Å². The Kier molecular flexibility index (Phi) is 3.50. The van der Waals surface area contributed by atoms with Crippen molar-refractivity contribution < 1.29 is 4.39 Å². The summed E-state index contributed by atoms with van der Waals surface area (Å²) in [5, 5.41) is 12.4. The lowest BCUT2D eigenvalue weighted by atomic mass is 9.94. The maximum atomic E-state index is 13.3. The van der Waals surface area contributed by atoms with Crippen molar-refractivity contribution >= 4 is 0 Å². The van der Waals surface area contributed by atoms with Gasteiger partial charge >= 0.3 is 0 Å². The van der Waals surface area contributed by atoms with Crippen LogP contribution < -0.4 is 5.32 Å². The molecule has 4 heteroatoms. The van der Waals surface area contributed by atoms with E-state index in [0.29, 0.717) is 6.04 Å². The average Bonchev–Trinajstić information content (AvgIpc) is 2.83. The van der Waals surface area contributed by atoms with Gasteiger partial charge in [0.25, 0.3) is 0 Å². The third-order valence-electron chi connectivity index (χ3n) is 4.23. The highest BCUT2D eigenvalue weighted by Crippen LogP contribution is 2.26. The molecule has 0 amide bonds. The lowest BCUT2D eigenvalue weighted by molar-refractivity contribution is 0.312. The van der Waals surface area contributed by atoms with Gasteiger partial charge in [0.2, 0.25) is 0 Å². The summed E-state index contributed by atoms with van der Waals surface area (Å²) in [4.78, 5) is 2.40. The number of nitrogens with one attached hydrogen (secondary N) is 1. The van der Waals surface area contributed by atoms with Gasteiger partial charge in [0.15, 0.2) is 0 Å². The Morgan fingerprint density at radius 3 is 3.11 bits per heavy atom. The van der Waals surface area contributed by atoms with Crippen LogP contribution in [0, 0.1) is 23.1 Å². The standard InChI is InChI=1S/C15H18FN3/c16-14-4-3-11(6-13(14)7-17)8-19-9-12-2-1-5-18-15(12)10-19/h3-4,6,12,15,18H,1-2,5,8-10H2. The Morgan fingerprint density at radius 1 is 1.42 bits per heavy atom. The van der Waals surface area contributed by atoms with E-state index in [0.717, 1.165) is 37.7 Å².